The van der Waals surface area contributed by atoms with Gasteiger partial charge in [-0.3, -0.25) is 9.59 Å². The number of rotatable bonds is 3. The standard InChI is InChI=1S/C19H19N3O2S/c1-12-16-18(24)20-14(11-15(23)22-9-5-6-10-22)21-19(16)25-17(12)13-7-3-2-4-8-13/h2-4,7-8H,5-6,9-11H2,1H3,(H,20,21,24). The largest absolute Gasteiger partial charge is 0.342 e. The van der Waals surface area contributed by atoms with Crippen molar-refractivity contribution < 1.29 is 4.79 Å². The third-order valence-corrected chi connectivity index (χ3v) is 5.90. The minimum atomic E-state index is -0.162. The van der Waals surface area contributed by atoms with Gasteiger partial charge in [-0.15, -0.1) is 11.3 Å². The Morgan fingerprint density at radius 3 is 2.68 bits per heavy atom. The Balaban J connectivity index is 1.72. The first-order chi connectivity index (χ1) is 12.1. The third-order valence-electron chi connectivity index (χ3n) is 4.66. The van der Waals surface area contributed by atoms with Crippen LogP contribution in [0.2, 0.25) is 0 Å². The zero-order chi connectivity index (χ0) is 17.4. The van der Waals surface area contributed by atoms with E-state index in [1.165, 1.54) is 11.3 Å². The smallest absolute Gasteiger partial charge is 0.259 e. The Morgan fingerprint density at radius 1 is 1.24 bits per heavy atom. The molecular weight excluding hydrogens is 334 g/mol. The summed E-state index contributed by atoms with van der Waals surface area (Å²) < 4.78 is 0. The Bertz CT molecular complexity index is 985. The maximum absolute atomic E-state index is 12.6. The summed E-state index contributed by atoms with van der Waals surface area (Å²) in [6, 6.07) is 10.0. The highest BCUT2D eigenvalue weighted by atomic mass is 32.1. The van der Waals surface area contributed by atoms with Gasteiger partial charge in [-0.1, -0.05) is 30.3 Å². The van der Waals surface area contributed by atoms with Crippen molar-refractivity contribution in [2.45, 2.75) is 26.2 Å². The molecule has 1 saturated heterocycles. The van der Waals surface area contributed by atoms with E-state index in [1.54, 1.807) is 0 Å². The molecule has 4 rings (SSSR count). The molecule has 0 atom stereocenters. The molecule has 1 amide bonds. The number of carbonyl (C=O) groups is 1. The lowest BCUT2D eigenvalue weighted by atomic mass is 10.1. The second kappa shape index (κ2) is 6.44. The lowest BCUT2D eigenvalue weighted by Gasteiger charge is -2.14. The van der Waals surface area contributed by atoms with Crippen LogP contribution in [0.4, 0.5) is 0 Å². The van der Waals surface area contributed by atoms with Gasteiger partial charge in [0.25, 0.3) is 5.56 Å². The fraction of sp³-hybridized carbons (Fsp3) is 0.316. The van der Waals surface area contributed by atoms with E-state index in [2.05, 4.69) is 9.97 Å². The topological polar surface area (TPSA) is 66.1 Å². The number of aryl methyl sites for hydroxylation is 1. The number of nitrogens with zero attached hydrogens (tertiary/aromatic N) is 2. The maximum atomic E-state index is 12.6. The number of H-pyrrole nitrogens is 1. The molecule has 0 radical (unpaired) electrons. The Morgan fingerprint density at radius 2 is 1.96 bits per heavy atom. The SMILES string of the molecule is Cc1c(-c2ccccc2)sc2nc(CC(=O)N3CCCC3)[nH]c(=O)c12. The number of aromatic amines is 1. The molecule has 0 unspecified atom stereocenters. The van der Waals surface area contributed by atoms with Crippen LogP contribution in [0, 0.1) is 6.92 Å². The number of aromatic nitrogens is 2. The van der Waals surface area contributed by atoms with Gasteiger partial charge in [-0.25, -0.2) is 4.98 Å². The van der Waals surface area contributed by atoms with Crippen molar-refractivity contribution in [1.82, 2.24) is 14.9 Å². The van der Waals surface area contributed by atoms with Gasteiger partial charge < -0.3 is 9.88 Å². The van der Waals surface area contributed by atoms with Gasteiger partial charge in [0.15, 0.2) is 0 Å². The van der Waals surface area contributed by atoms with Crippen LogP contribution in [0.15, 0.2) is 35.1 Å². The van der Waals surface area contributed by atoms with E-state index in [4.69, 9.17) is 0 Å². The molecule has 6 heteroatoms. The van der Waals surface area contributed by atoms with Gasteiger partial charge in [0.2, 0.25) is 5.91 Å². The van der Waals surface area contributed by atoms with Gasteiger partial charge in [0.05, 0.1) is 11.8 Å². The van der Waals surface area contributed by atoms with Crippen molar-refractivity contribution in [2.75, 3.05) is 13.1 Å². The molecule has 25 heavy (non-hydrogen) atoms. The molecular formula is C19H19N3O2S. The molecule has 3 heterocycles. The molecule has 5 nitrogen and oxygen atoms in total. The average Bonchev–Trinajstić information content (AvgIpc) is 3.24. The fourth-order valence-corrected chi connectivity index (χ4v) is 4.56. The number of likely N-dealkylation sites (tertiary alicyclic amines) is 1. The van der Waals surface area contributed by atoms with E-state index in [1.807, 2.05) is 42.2 Å². The van der Waals surface area contributed by atoms with Crippen LogP contribution in [0.5, 0.6) is 0 Å². The van der Waals surface area contributed by atoms with E-state index < -0.39 is 0 Å². The van der Waals surface area contributed by atoms with Gasteiger partial charge in [-0.2, -0.15) is 0 Å². The van der Waals surface area contributed by atoms with E-state index in [9.17, 15) is 9.59 Å². The zero-order valence-corrected chi connectivity index (χ0v) is 14.9. The summed E-state index contributed by atoms with van der Waals surface area (Å²) in [4.78, 5) is 35.8. The predicted molar refractivity (Wildman–Crippen MR) is 99.9 cm³/mol. The van der Waals surface area contributed by atoms with Crippen molar-refractivity contribution >= 4 is 27.5 Å². The van der Waals surface area contributed by atoms with Crippen molar-refractivity contribution in [2.24, 2.45) is 0 Å². The molecule has 1 aliphatic rings. The van der Waals surface area contributed by atoms with Crippen LogP contribution < -0.4 is 5.56 Å². The van der Waals surface area contributed by atoms with Crippen LogP contribution in [0.25, 0.3) is 20.7 Å². The first kappa shape index (κ1) is 16.0. The number of benzene rings is 1. The van der Waals surface area contributed by atoms with Crippen LogP contribution in [0.1, 0.15) is 24.2 Å². The lowest BCUT2D eigenvalue weighted by molar-refractivity contribution is -0.129. The normalized spacial score (nSPS) is 14.4. The van der Waals surface area contributed by atoms with Crippen molar-refractivity contribution in [3.05, 3.63) is 52.1 Å². The van der Waals surface area contributed by atoms with Crippen LogP contribution in [0.3, 0.4) is 0 Å². The summed E-state index contributed by atoms with van der Waals surface area (Å²) in [5.74, 6) is 0.492. The second-order valence-electron chi connectivity index (χ2n) is 6.38. The molecule has 3 aromatic rings. The van der Waals surface area contributed by atoms with Crippen LogP contribution in [-0.4, -0.2) is 33.9 Å². The molecule has 0 aliphatic carbocycles. The minimum absolute atomic E-state index is 0.0385. The number of amides is 1. The predicted octanol–water partition coefficient (Wildman–Crippen LogP) is 3.12. The van der Waals surface area contributed by atoms with Crippen molar-refractivity contribution in [1.29, 1.82) is 0 Å². The molecule has 1 aliphatic heterocycles. The maximum Gasteiger partial charge on any atom is 0.259 e. The minimum Gasteiger partial charge on any atom is -0.342 e. The molecule has 0 bridgehead atoms. The van der Waals surface area contributed by atoms with Crippen LogP contribution in [-0.2, 0) is 11.2 Å². The van der Waals surface area contributed by atoms with Crippen molar-refractivity contribution in [3.8, 4) is 10.4 Å². The molecule has 0 spiro atoms. The molecule has 1 fully saturated rings. The monoisotopic (exact) mass is 353 g/mol. The lowest BCUT2D eigenvalue weighted by Crippen LogP contribution is -2.30. The second-order valence-corrected chi connectivity index (χ2v) is 7.38. The molecule has 1 N–H and O–H groups in total. The Kier molecular flexibility index (Phi) is 4.13. The average molecular weight is 353 g/mol. The fourth-order valence-electron chi connectivity index (χ4n) is 3.36. The summed E-state index contributed by atoms with van der Waals surface area (Å²) in [5.41, 5.74) is 1.86. The summed E-state index contributed by atoms with van der Waals surface area (Å²) in [6.07, 6.45) is 2.27. The number of carbonyl (C=O) groups excluding carboxylic acids is 1. The van der Waals surface area contributed by atoms with E-state index in [0.717, 1.165) is 41.9 Å². The summed E-state index contributed by atoms with van der Waals surface area (Å²) in [7, 11) is 0. The first-order valence-corrected chi connectivity index (χ1v) is 9.30. The number of hydrogen-bond donors (Lipinski definition) is 1. The highest BCUT2D eigenvalue weighted by molar-refractivity contribution is 7.22. The Labute approximate surface area is 149 Å². The van der Waals surface area contributed by atoms with Crippen molar-refractivity contribution in [3.63, 3.8) is 0 Å². The van der Waals surface area contributed by atoms with Gasteiger partial charge in [0, 0.05) is 18.0 Å². The van der Waals surface area contributed by atoms with E-state index in [-0.39, 0.29) is 17.9 Å². The third kappa shape index (κ3) is 2.98. The highest BCUT2D eigenvalue weighted by Gasteiger charge is 2.20. The highest BCUT2D eigenvalue weighted by Crippen LogP contribution is 2.35. The number of hydrogen-bond acceptors (Lipinski definition) is 4. The van der Waals surface area contributed by atoms with Gasteiger partial charge in [-0.05, 0) is 30.9 Å². The summed E-state index contributed by atoms with van der Waals surface area (Å²) in [5, 5.41) is 0.626. The Hall–Kier alpha value is -2.47. The molecule has 128 valence electrons. The molecule has 1 aromatic carbocycles. The number of nitrogens with one attached hydrogen (secondary N) is 1. The van der Waals surface area contributed by atoms with Crippen LogP contribution >= 0.6 is 11.3 Å². The van der Waals surface area contributed by atoms with E-state index in [0.29, 0.717) is 16.0 Å². The molecule has 2 aromatic heterocycles. The van der Waals surface area contributed by atoms with E-state index >= 15 is 0 Å². The van der Waals surface area contributed by atoms with Gasteiger partial charge in [0.1, 0.15) is 10.7 Å². The number of thiophene rings is 1. The molecule has 0 saturated carbocycles. The quantitative estimate of drug-likeness (QED) is 0.787. The zero-order valence-electron chi connectivity index (χ0n) is 14.0. The van der Waals surface area contributed by atoms with Gasteiger partial charge >= 0.3 is 0 Å². The summed E-state index contributed by atoms with van der Waals surface area (Å²) >= 11 is 1.51. The number of fused-ring (bicyclic) bond motifs is 1. The first-order valence-electron chi connectivity index (χ1n) is 8.49. The summed E-state index contributed by atoms with van der Waals surface area (Å²) in [6.45, 7) is 3.57.